The van der Waals surface area contributed by atoms with Gasteiger partial charge in [-0.2, -0.15) is 0 Å². The molecular formula is C13H28O. The van der Waals surface area contributed by atoms with E-state index in [0.29, 0.717) is 6.10 Å². The minimum absolute atomic E-state index is 0.454. The molecule has 1 heteroatoms. The Labute approximate surface area is 90.2 Å². The highest BCUT2D eigenvalue weighted by atomic mass is 16.5. The SMILES string of the molecule is CCCCCCCCCCC(C)OC. The lowest BCUT2D eigenvalue weighted by Gasteiger charge is -2.08. The quantitative estimate of drug-likeness (QED) is 0.470. The molecule has 0 aliphatic rings. The first-order chi connectivity index (χ1) is 6.81. The highest BCUT2D eigenvalue weighted by molar-refractivity contribution is 4.51. The molecule has 86 valence electrons. The maximum absolute atomic E-state index is 5.21. The van der Waals surface area contributed by atoms with Crippen molar-refractivity contribution >= 4 is 0 Å². The summed E-state index contributed by atoms with van der Waals surface area (Å²) in [7, 11) is 1.80. The summed E-state index contributed by atoms with van der Waals surface area (Å²) in [4.78, 5) is 0. The Morgan fingerprint density at radius 1 is 0.857 bits per heavy atom. The van der Waals surface area contributed by atoms with Gasteiger partial charge in [0, 0.05) is 7.11 Å². The first kappa shape index (κ1) is 14.0. The molecule has 0 amide bonds. The van der Waals surface area contributed by atoms with E-state index in [0.717, 1.165) is 0 Å². The molecule has 0 aliphatic carbocycles. The van der Waals surface area contributed by atoms with E-state index in [4.69, 9.17) is 4.74 Å². The third-order valence-corrected chi connectivity index (χ3v) is 2.87. The highest BCUT2D eigenvalue weighted by Gasteiger charge is 1.98. The Bertz CT molecular complexity index is 101. The lowest BCUT2D eigenvalue weighted by molar-refractivity contribution is 0.108. The van der Waals surface area contributed by atoms with Crippen LogP contribution >= 0.6 is 0 Å². The molecule has 0 aromatic heterocycles. The van der Waals surface area contributed by atoms with Gasteiger partial charge in [-0.15, -0.1) is 0 Å². The van der Waals surface area contributed by atoms with Crippen molar-refractivity contribution in [1.82, 2.24) is 0 Å². The summed E-state index contributed by atoms with van der Waals surface area (Å²) in [6, 6.07) is 0. The van der Waals surface area contributed by atoms with Gasteiger partial charge in [0.1, 0.15) is 0 Å². The van der Waals surface area contributed by atoms with Gasteiger partial charge in [-0.1, -0.05) is 58.3 Å². The van der Waals surface area contributed by atoms with Crippen molar-refractivity contribution < 1.29 is 4.74 Å². The van der Waals surface area contributed by atoms with Crippen LogP contribution in [0.15, 0.2) is 0 Å². The number of hydrogen-bond acceptors (Lipinski definition) is 1. The monoisotopic (exact) mass is 200 g/mol. The van der Waals surface area contributed by atoms with Gasteiger partial charge in [0.05, 0.1) is 6.10 Å². The zero-order chi connectivity index (χ0) is 10.6. The third-order valence-electron chi connectivity index (χ3n) is 2.87. The van der Waals surface area contributed by atoms with Crippen LogP contribution in [-0.4, -0.2) is 13.2 Å². The second kappa shape index (κ2) is 11.0. The molecule has 0 saturated heterocycles. The molecule has 0 N–H and O–H groups in total. The molecule has 0 aromatic carbocycles. The lowest BCUT2D eigenvalue weighted by atomic mass is 10.1. The first-order valence-corrected chi connectivity index (χ1v) is 6.34. The van der Waals surface area contributed by atoms with Crippen LogP contribution in [0.1, 0.15) is 71.6 Å². The van der Waals surface area contributed by atoms with Crippen molar-refractivity contribution in [2.24, 2.45) is 0 Å². The molecule has 0 spiro atoms. The molecule has 0 heterocycles. The fraction of sp³-hybridized carbons (Fsp3) is 1.00. The molecule has 0 aliphatic heterocycles. The van der Waals surface area contributed by atoms with Gasteiger partial charge in [-0.25, -0.2) is 0 Å². The van der Waals surface area contributed by atoms with Crippen LogP contribution in [0.25, 0.3) is 0 Å². The van der Waals surface area contributed by atoms with E-state index >= 15 is 0 Å². The Kier molecular flexibility index (Phi) is 11.0. The predicted molar refractivity (Wildman–Crippen MR) is 63.7 cm³/mol. The Morgan fingerprint density at radius 3 is 1.86 bits per heavy atom. The Hall–Kier alpha value is -0.0400. The van der Waals surface area contributed by atoms with E-state index in [1.54, 1.807) is 7.11 Å². The summed E-state index contributed by atoms with van der Waals surface area (Å²) in [6.07, 6.45) is 12.9. The normalized spacial score (nSPS) is 13.1. The minimum atomic E-state index is 0.454. The van der Waals surface area contributed by atoms with E-state index in [1.165, 1.54) is 57.8 Å². The van der Waals surface area contributed by atoms with Gasteiger partial charge in [0.25, 0.3) is 0 Å². The van der Waals surface area contributed by atoms with Crippen molar-refractivity contribution in [3.05, 3.63) is 0 Å². The van der Waals surface area contributed by atoms with Crippen molar-refractivity contribution in [2.45, 2.75) is 77.7 Å². The third kappa shape index (κ3) is 10.0. The summed E-state index contributed by atoms with van der Waals surface area (Å²) in [5.41, 5.74) is 0. The zero-order valence-electron chi connectivity index (χ0n) is 10.3. The molecule has 1 atom stereocenters. The fourth-order valence-corrected chi connectivity index (χ4v) is 1.68. The Balaban J connectivity index is 2.92. The van der Waals surface area contributed by atoms with Gasteiger partial charge in [-0.3, -0.25) is 0 Å². The summed E-state index contributed by atoms with van der Waals surface area (Å²) >= 11 is 0. The zero-order valence-corrected chi connectivity index (χ0v) is 10.3. The minimum Gasteiger partial charge on any atom is -0.382 e. The molecule has 1 unspecified atom stereocenters. The lowest BCUT2D eigenvalue weighted by Crippen LogP contribution is -2.03. The fourth-order valence-electron chi connectivity index (χ4n) is 1.68. The van der Waals surface area contributed by atoms with E-state index in [1.807, 2.05) is 0 Å². The van der Waals surface area contributed by atoms with Crippen LogP contribution in [0.2, 0.25) is 0 Å². The summed E-state index contributed by atoms with van der Waals surface area (Å²) in [5, 5.41) is 0. The molecule has 1 nitrogen and oxygen atoms in total. The second-order valence-corrected chi connectivity index (χ2v) is 4.31. The molecule has 14 heavy (non-hydrogen) atoms. The van der Waals surface area contributed by atoms with Gasteiger partial charge in [0.2, 0.25) is 0 Å². The molecule has 0 bridgehead atoms. The Morgan fingerprint density at radius 2 is 1.36 bits per heavy atom. The largest absolute Gasteiger partial charge is 0.382 e. The van der Waals surface area contributed by atoms with Gasteiger partial charge < -0.3 is 4.74 Å². The van der Waals surface area contributed by atoms with Gasteiger partial charge >= 0.3 is 0 Å². The number of unbranched alkanes of at least 4 members (excludes halogenated alkanes) is 7. The van der Waals surface area contributed by atoms with Crippen LogP contribution < -0.4 is 0 Å². The van der Waals surface area contributed by atoms with Crippen molar-refractivity contribution in [1.29, 1.82) is 0 Å². The van der Waals surface area contributed by atoms with Crippen molar-refractivity contribution in [3.8, 4) is 0 Å². The van der Waals surface area contributed by atoms with E-state index in [2.05, 4.69) is 13.8 Å². The highest BCUT2D eigenvalue weighted by Crippen LogP contribution is 2.11. The number of hydrogen-bond donors (Lipinski definition) is 0. The van der Waals surface area contributed by atoms with E-state index in [-0.39, 0.29) is 0 Å². The molecular weight excluding hydrogens is 172 g/mol. The molecule has 0 saturated carbocycles. The predicted octanol–water partition coefficient (Wildman–Crippen LogP) is 4.55. The van der Waals surface area contributed by atoms with E-state index in [9.17, 15) is 0 Å². The average molecular weight is 200 g/mol. The molecule has 0 rings (SSSR count). The van der Waals surface area contributed by atoms with Gasteiger partial charge in [0.15, 0.2) is 0 Å². The van der Waals surface area contributed by atoms with Crippen LogP contribution in [0.4, 0.5) is 0 Å². The van der Waals surface area contributed by atoms with Crippen LogP contribution in [0, 0.1) is 0 Å². The second-order valence-electron chi connectivity index (χ2n) is 4.31. The smallest absolute Gasteiger partial charge is 0.0543 e. The summed E-state index contributed by atoms with van der Waals surface area (Å²) < 4.78 is 5.21. The first-order valence-electron chi connectivity index (χ1n) is 6.34. The van der Waals surface area contributed by atoms with Crippen molar-refractivity contribution in [2.75, 3.05) is 7.11 Å². The standard InChI is InChI=1S/C13H28O/c1-4-5-6-7-8-9-10-11-12-13(2)14-3/h13H,4-12H2,1-3H3. The van der Waals surface area contributed by atoms with Crippen LogP contribution in [0.3, 0.4) is 0 Å². The number of rotatable bonds is 10. The maximum atomic E-state index is 5.21. The van der Waals surface area contributed by atoms with Crippen LogP contribution in [-0.2, 0) is 4.74 Å². The number of ether oxygens (including phenoxy) is 1. The summed E-state index contributed by atoms with van der Waals surface area (Å²) in [5.74, 6) is 0. The van der Waals surface area contributed by atoms with Gasteiger partial charge in [-0.05, 0) is 13.3 Å². The van der Waals surface area contributed by atoms with Crippen molar-refractivity contribution in [3.63, 3.8) is 0 Å². The van der Waals surface area contributed by atoms with Crippen LogP contribution in [0.5, 0.6) is 0 Å². The molecule has 0 fully saturated rings. The van der Waals surface area contributed by atoms with E-state index < -0.39 is 0 Å². The maximum Gasteiger partial charge on any atom is 0.0543 e. The molecule has 0 radical (unpaired) electrons. The molecule has 0 aromatic rings. The average Bonchev–Trinajstić information content (AvgIpc) is 2.21. The summed E-state index contributed by atoms with van der Waals surface area (Å²) in [6.45, 7) is 4.42. The topological polar surface area (TPSA) is 9.23 Å². The number of methoxy groups -OCH3 is 1.